The maximum Gasteiger partial charge on any atom is 0.332 e. The van der Waals surface area contributed by atoms with Gasteiger partial charge in [-0.25, -0.2) is 4.79 Å². The molecule has 0 aromatic carbocycles. The smallest absolute Gasteiger partial charge is 0.332 e. The number of carbonyl (C=O) groups excluding carboxylic acids is 1. The first-order valence-electron chi connectivity index (χ1n) is 9.21. The fraction of sp³-hybridized carbons (Fsp3) is 0.722. The minimum Gasteiger partial charge on any atom is -0.357 e. The minimum absolute atomic E-state index is 0.0838. The molecule has 25 heavy (non-hydrogen) atoms. The van der Waals surface area contributed by atoms with Crippen molar-refractivity contribution in [3.05, 3.63) is 26.9 Å². The van der Waals surface area contributed by atoms with Crippen molar-refractivity contribution in [2.24, 2.45) is 13.0 Å². The van der Waals surface area contributed by atoms with Crippen LogP contribution in [0.1, 0.15) is 39.5 Å². The third-order valence-electron chi connectivity index (χ3n) is 4.85. The Balaban J connectivity index is 2.31. The molecular formula is C18H30N4O3. The third-order valence-corrected chi connectivity index (χ3v) is 4.85. The summed E-state index contributed by atoms with van der Waals surface area (Å²) < 4.78 is 2.80. The Labute approximate surface area is 148 Å². The second-order valence-electron chi connectivity index (χ2n) is 6.88. The average Bonchev–Trinajstić information content (AvgIpc) is 2.61. The summed E-state index contributed by atoms with van der Waals surface area (Å²) >= 11 is 0. The molecule has 1 aliphatic heterocycles. The fourth-order valence-electron chi connectivity index (χ4n) is 3.50. The van der Waals surface area contributed by atoms with Crippen molar-refractivity contribution in [3.63, 3.8) is 0 Å². The van der Waals surface area contributed by atoms with Gasteiger partial charge in [-0.2, -0.15) is 0 Å². The molecule has 0 radical (unpaired) electrons. The molecule has 1 aliphatic rings. The molecule has 1 atom stereocenters. The maximum atomic E-state index is 12.6. The number of rotatable bonds is 6. The lowest BCUT2D eigenvalue weighted by Crippen LogP contribution is -2.47. The largest absolute Gasteiger partial charge is 0.357 e. The van der Waals surface area contributed by atoms with Crippen LogP contribution in [0, 0.1) is 5.92 Å². The Hall–Kier alpha value is -2.05. The van der Waals surface area contributed by atoms with Crippen LogP contribution in [0.25, 0.3) is 0 Å². The number of hydrogen-bond donors (Lipinski definition) is 0. The Bertz CT molecular complexity index is 722. The van der Waals surface area contributed by atoms with Crippen LogP contribution >= 0.6 is 0 Å². The molecule has 1 unspecified atom stereocenters. The van der Waals surface area contributed by atoms with Crippen molar-refractivity contribution < 1.29 is 4.79 Å². The number of amides is 1. The highest BCUT2D eigenvalue weighted by Crippen LogP contribution is 2.23. The van der Waals surface area contributed by atoms with Crippen molar-refractivity contribution in [2.45, 2.75) is 46.1 Å². The summed E-state index contributed by atoms with van der Waals surface area (Å²) in [6.45, 7) is 6.69. The van der Waals surface area contributed by atoms with Gasteiger partial charge in [-0.3, -0.25) is 18.7 Å². The number of hydrogen-bond acceptors (Lipinski definition) is 4. The zero-order chi connectivity index (χ0) is 18.6. The molecule has 140 valence electrons. The minimum atomic E-state index is -0.302. The molecule has 2 heterocycles. The summed E-state index contributed by atoms with van der Waals surface area (Å²) in [5, 5.41) is 0. The summed E-state index contributed by atoms with van der Waals surface area (Å²) in [5.74, 6) is 0.713. The van der Waals surface area contributed by atoms with Crippen LogP contribution < -0.4 is 16.1 Å². The molecule has 0 spiro atoms. The van der Waals surface area contributed by atoms with Gasteiger partial charge in [0.1, 0.15) is 5.82 Å². The third kappa shape index (κ3) is 4.14. The Kier molecular flexibility index (Phi) is 6.45. The van der Waals surface area contributed by atoms with Gasteiger partial charge in [0, 0.05) is 46.3 Å². The summed E-state index contributed by atoms with van der Waals surface area (Å²) in [5.41, 5.74) is -0.593. The van der Waals surface area contributed by atoms with Gasteiger partial charge in [0.25, 0.3) is 5.56 Å². The number of aromatic nitrogens is 2. The van der Waals surface area contributed by atoms with E-state index >= 15 is 0 Å². The van der Waals surface area contributed by atoms with Crippen molar-refractivity contribution in [2.75, 3.05) is 31.6 Å². The second-order valence-corrected chi connectivity index (χ2v) is 6.88. The molecule has 0 N–H and O–H groups in total. The molecule has 0 bridgehead atoms. The topological polar surface area (TPSA) is 67.6 Å². The highest BCUT2D eigenvalue weighted by atomic mass is 16.2. The number of piperidine rings is 1. The van der Waals surface area contributed by atoms with Gasteiger partial charge in [-0.1, -0.05) is 13.8 Å². The SMILES string of the molecule is CCCN(C)C(=O)C1CCCN(c2cc(=O)n(C)c(=O)n2CCC)C1. The molecule has 1 aromatic rings. The van der Waals surface area contributed by atoms with Crippen molar-refractivity contribution in [1.29, 1.82) is 0 Å². The van der Waals surface area contributed by atoms with E-state index in [4.69, 9.17) is 0 Å². The predicted molar refractivity (Wildman–Crippen MR) is 99.1 cm³/mol. The summed E-state index contributed by atoms with van der Waals surface area (Å²) in [7, 11) is 3.35. The predicted octanol–water partition coefficient (Wildman–Crippen LogP) is 1.04. The molecular weight excluding hydrogens is 320 g/mol. The van der Waals surface area contributed by atoms with E-state index in [2.05, 4.69) is 6.92 Å². The molecule has 1 aromatic heterocycles. The zero-order valence-electron chi connectivity index (χ0n) is 15.8. The van der Waals surface area contributed by atoms with E-state index in [9.17, 15) is 14.4 Å². The van der Waals surface area contributed by atoms with Gasteiger partial charge in [0.15, 0.2) is 0 Å². The van der Waals surface area contributed by atoms with Gasteiger partial charge in [0.05, 0.1) is 5.92 Å². The molecule has 2 rings (SSSR count). The molecule has 0 aliphatic carbocycles. The normalized spacial score (nSPS) is 17.6. The molecule has 1 amide bonds. The van der Waals surface area contributed by atoms with Crippen LogP contribution in [0.4, 0.5) is 5.82 Å². The summed E-state index contributed by atoms with van der Waals surface area (Å²) in [6, 6.07) is 1.53. The number of anilines is 1. The quantitative estimate of drug-likeness (QED) is 0.769. The standard InChI is InChI=1S/C18H30N4O3/c1-5-9-19(3)17(24)14-8-7-11-21(13-14)15-12-16(23)20(4)18(25)22(15)10-6-2/h12,14H,5-11,13H2,1-4H3. The van der Waals surface area contributed by atoms with Crippen LogP contribution in [0.2, 0.25) is 0 Å². The van der Waals surface area contributed by atoms with Crippen LogP contribution in [0.15, 0.2) is 15.7 Å². The van der Waals surface area contributed by atoms with Gasteiger partial charge >= 0.3 is 5.69 Å². The van der Waals surface area contributed by atoms with Crippen LogP contribution in [0.5, 0.6) is 0 Å². The number of carbonyl (C=O) groups is 1. The molecule has 1 saturated heterocycles. The van der Waals surface area contributed by atoms with E-state index in [-0.39, 0.29) is 23.1 Å². The van der Waals surface area contributed by atoms with E-state index in [1.54, 1.807) is 9.47 Å². The summed E-state index contributed by atoms with van der Waals surface area (Å²) in [6.07, 6.45) is 3.47. The zero-order valence-corrected chi connectivity index (χ0v) is 15.8. The Morgan fingerprint density at radius 3 is 2.64 bits per heavy atom. The fourth-order valence-corrected chi connectivity index (χ4v) is 3.50. The van der Waals surface area contributed by atoms with Gasteiger partial charge in [0.2, 0.25) is 5.91 Å². The van der Waals surface area contributed by atoms with Gasteiger partial charge < -0.3 is 9.80 Å². The Morgan fingerprint density at radius 2 is 2.00 bits per heavy atom. The van der Waals surface area contributed by atoms with E-state index in [1.165, 1.54) is 13.1 Å². The molecule has 7 nitrogen and oxygen atoms in total. The van der Waals surface area contributed by atoms with E-state index in [0.29, 0.717) is 18.9 Å². The monoisotopic (exact) mass is 350 g/mol. The van der Waals surface area contributed by atoms with Crippen molar-refractivity contribution in [1.82, 2.24) is 14.0 Å². The van der Waals surface area contributed by atoms with Crippen LogP contribution in [0.3, 0.4) is 0 Å². The van der Waals surface area contributed by atoms with E-state index < -0.39 is 0 Å². The first kappa shape index (κ1) is 19.3. The first-order chi connectivity index (χ1) is 11.9. The molecule has 7 heteroatoms. The maximum absolute atomic E-state index is 12.6. The van der Waals surface area contributed by atoms with Crippen molar-refractivity contribution in [3.8, 4) is 0 Å². The van der Waals surface area contributed by atoms with Crippen LogP contribution in [-0.4, -0.2) is 46.6 Å². The number of nitrogens with zero attached hydrogens (tertiary/aromatic N) is 4. The second kappa shape index (κ2) is 8.36. The lowest BCUT2D eigenvalue weighted by atomic mass is 9.96. The lowest BCUT2D eigenvalue weighted by Gasteiger charge is -2.36. The Morgan fingerprint density at radius 1 is 1.28 bits per heavy atom. The first-order valence-corrected chi connectivity index (χ1v) is 9.21. The molecule has 0 saturated carbocycles. The van der Waals surface area contributed by atoms with E-state index in [1.807, 2.05) is 18.9 Å². The van der Waals surface area contributed by atoms with Gasteiger partial charge in [-0.15, -0.1) is 0 Å². The van der Waals surface area contributed by atoms with Gasteiger partial charge in [-0.05, 0) is 25.7 Å². The van der Waals surface area contributed by atoms with Crippen LogP contribution in [-0.2, 0) is 18.4 Å². The highest BCUT2D eigenvalue weighted by Gasteiger charge is 2.29. The highest BCUT2D eigenvalue weighted by molar-refractivity contribution is 5.79. The van der Waals surface area contributed by atoms with Crippen molar-refractivity contribution >= 4 is 11.7 Å². The lowest BCUT2D eigenvalue weighted by molar-refractivity contribution is -0.134. The molecule has 1 fully saturated rings. The average molecular weight is 350 g/mol. The van der Waals surface area contributed by atoms with E-state index in [0.717, 1.165) is 43.3 Å². The summed E-state index contributed by atoms with van der Waals surface area (Å²) in [4.78, 5) is 41.0.